The molecule has 6 nitrogen and oxygen atoms in total. The number of hydrogen-bond acceptors (Lipinski definition) is 5. The zero-order valence-corrected chi connectivity index (χ0v) is 17.8. The second-order valence-electron chi connectivity index (χ2n) is 7.03. The van der Waals surface area contributed by atoms with Gasteiger partial charge < -0.3 is 4.57 Å². The highest BCUT2D eigenvalue weighted by Crippen LogP contribution is 2.27. The smallest absolute Gasteiger partial charge is 0.261 e. The van der Waals surface area contributed by atoms with E-state index in [0.717, 1.165) is 28.5 Å². The summed E-state index contributed by atoms with van der Waals surface area (Å²) in [7, 11) is -1.74. The second kappa shape index (κ2) is 8.79. The van der Waals surface area contributed by atoms with Gasteiger partial charge in [0.2, 0.25) is 0 Å². The normalized spacial score (nSPS) is 11.7. The van der Waals surface area contributed by atoms with Crippen LogP contribution >= 0.6 is 11.8 Å². The number of sulfonamides is 1. The molecule has 1 aromatic heterocycles. The van der Waals surface area contributed by atoms with Gasteiger partial charge in [-0.05, 0) is 72.5 Å². The predicted octanol–water partition coefficient (Wildman–Crippen LogP) is 4.36. The van der Waals surface area contributed by atoms with Crippen LogP contribution in [0.2, 0.25) is 0 Å². The Hall–Kier alpha value is -2.32. The fourth-order valence-corrected chi connectivity index (χ4v) is 4.39. The van der Waals surface area contributed by atoms with Gasteiger partial charge in [-0.3, -0.25) is 4.72 Å². The molecule has 1 heterocycles. The van der Waals surface area contributed by atoms with Crippen LogP contribution in [-0.4, -0.2) is 23.2 Å². The molecule has 0 unspecified atom stereocenters. The number of nitrogens with zero attached hydrogens (tertiary/aromatic N) is 3. The highest BCUT2D eigenvalue weighted by Gasteiger charge is 2.14. The first-order valence-electron chi connectivity index (χ1n) is 9.07. The molecule has 0 radical (unpaired) electrons. The monoisotopic (exact) mass is 416 g/mol. The van der Waals surface area contributed by atoms with E-state index in [1.807, 2.05) is 35.9 Å². The Labute approximate surface area is 170 Å². The molecule has 3 aromatic rings. The molecule has 8 heteroatoms. The summed E-state index contributed by atoms with van der Waals surface area (Å²) in [6, 6.07) is 14.3. The van der Waals surface area contributed by atoms with Gasteiger partial charge in [-0.25, -0.2) is 8.42 Å². The first-order valence-corrected chi connectivity index (χ1v) is 11.4. The van der Waals surface area contributed by atoms with E-state index in [9.17, 15) is 8.42 Å². The molecular formula is C20H24N4O2S2. The molecule has 28 heavy (non-hydrogen) atoms. The Balaban J connectivity index is 1.65. The molecule has 0 atom stereocenters. The molecule has 0 bridgehead atoms. The molecule has 0 spiro atoms. The lowest BCUT2D eigenvalue weighted by Crippen LogP contribution is -2.12. The minimum atomic E-state index is -3.61. The van der Waals surface area contributed by atoms with Crippen molar-refractivity contribution in [2.45, 2.75) is 41.6 Å². The number of aryl methyl sites for hydroxylation is 2. The van der Waals surface area contributed by atoms with Crippen molar-refractivity contribution >= 4 is 27.5 Å². The fourth-order valence-electron chi connectivity index (χ4n) is 2.57. The number of aromatic nitrogens is 3. The van der Waals surface area contributed by atoms with Crippen LogP contribution in [0.3, 0.4) is 0 Å². The molecular weight excluding hydrogens is 392 g/mol. The van der Waals surface area contributed by atoms with E-state index in [0.29, 0.717) is 11.6 Å². The largest absolute Gasteiger partial charge is 0.311 e. The van der Waals surface area contributed by atoms with Crippen LogP contribution in [0.4, 0.5) is 5.69 Å². The number of nitrogens with one attached hydrogen (secondary N) is 1. The van der Waals surface area contributed by atoms with Crippen molar-refractivity contribution in [1.82, 2.24) is 14.8 Å². The lowest BCUT2D eigenvalue weighted by molar-refractivity contribution is 0.586. The molecule has 0 saturated heterocycles. The van der Waals surface area contributed by atoms with Crippen LogP contribution in [0.15, 0.2) is 69.8 Å². The van der Waals surface area contributed by atoms with E-state index in [-0.39, 0.29) is 4.90 Å². The van der Waals surface area contributed by atoms with Crippen molar-refractivity contribution in [1.29, 1.82) is 0 Å². The number of anilines is 1. The summed E-state index contributed by atoms with van der Waals surface area (Å²) in [4.78, 5) is 1.21. The third-order valence-electron chi connectivity index (χ3n) is 4.23. The average molecular weight is 417 g/mol. The molecule has 0 amide bonds. The lowest BCUT2D eigenvalue weighted by Gasteiger charge is -2.10. The molecule has 0 fully saturated rings. The molecule has 1 N–H and O–H groups in total. The van der Waals surface area contributed by atoms with E-state index in [4.69, 9.17) is 0 Å². The fraction of sp³-hybridized carbons (Fsp3) is 0.300. The Kier molecular flexibility index (Phi) is 6.41. The molecule has 0 aliphatic carbocycles. The summed E-state index contributed by atoms with van der Waals surface area (Å²) in [5, 5.41) is 8.64. The van der Waals surface area contributed by atoms with Gasteiger partial charge in [-0.15, -0.1) is 10.2 Å². The van der Waals surface area contributed by atoms with Crippen LogP contribution in [0.5, 0.6) is 0 Å². The third kappa shape index (κ3) is 5.36. The number of hydrogen-bond donors (Lipinski definition) is 1. The first-order chi connectivity index (χ1) is 13.3. The van der Waals surface area contributed by atoms with Crippen molar-refractivity contribution in [3.05, 3.63) is 60.4 Å². The summed E-state index contributed by atoms with van der Waals surface area (Å²) < 4.78 is 29.7. The zero-order chi connectivity index (χ0) is 20.1. The van der Waals surface area contributed by atoms with E-state index >= 15 is 0 Å². The highest BCUT2D eigenvalue weighted by molar-refractivity contribution is 7.99. The molecule has 3 rings (SSSR count). The standard InChI is InChI=1S/C20H24N4O2S2/c1-15(2)4-5-16-6-12-19(13-7-16)28(25,26)23-17-8-10-18(11-9-17)27-20-22-21-14-24(20)3/h6-15,23H,4-5H2,1-3H3. The topological polar surface area (TPSA) is 76.9 Å². The van der Waals surface area contributed by atoms with E-state index in [2.05, 4.69) is 28.8 Å². The molecule has 0 aliphatic rings. The van der Waals surface area contributed by atoms with Gasteiger partial charge in [-0.2, -0.15) is 0 Å². The predicted molar refractivity (Wildman–Crippen MR) is 112 cm³/mol. The Morgan fingerprint density at radius 2 is 1.75 bits per heavy atom. The highest BCUT2D eigenvalue weighted by atomic mass is 32.2. The number of rotatable bonds is 8. The van der Waals surface area contributed by atoms with Crippen LogP contribution in [0.25, 0.3) is 0 Å². The van der Waals surface area contributed by atoms with Crippen LogP contribution in [0, 0.1) is 5.92 Å². The summed E-state index contributed by atoms with van der Waals surface area (Å²) in [6.07, 6.45) is 3.68. The minimum Gasteiger partial charge on any atom is -0.311 e. The minimum absolute atomic E-state index is 0.262. The molecule has 2 aromatic carbocycles. The van der Waals surface area contributed by atoms with E-state index < -0.39 is 10.0 Å². The first kappa shape index (κ1) is 20.4. The summed E-state index contributed by atoms with van der Waals surface area (Å²) in [5.41, 5.74) is 1.67. The summed E-state index contributed by atoms with van der Waals surface area (Å²) in [5.74, 6) is 0.625. The van der Waals surface area contributed by atoms with Crippen LogP contribution in [0.1, 0.15) is 25.8 Å². The van der Waals surface area contributed by atoms with E-state index in [1.54, 1.807) is 30.6 Å². The van der Waals surface area contributed by atoms with Gasteiger partial charge in [0, 0.05) is 17.6 Å². The van der Waals surface area contributed by atoms with Gasteiger partial charge in [0.25, 0.3) is 10.0 Å². The zero-order valence-electron chi connectivity index (χ0n) is 16.2. The van der Waals surface area contributed by atoms with Crippen molar-refractivity contribution in [2.24, 2.45) is 13.0 Å². The van der Waals surface area contributed by atoms with Gasteiger partial charge in [0.1, 0.15) is 6.33 Å². The summed E-state index contributed by atoms with van der Waals surface area (Å²) >= 11 is 1.46. The molecule has 148 valence electrons. The van der Waals surface area contributed by atoms with Crippen molar-refractivity contribution in [3.63, 3.8) is 0 Å². The number of benzene rings is 2. The Morgan fingerprint density at radius 1 is 1.07 bits per heavy atom. The maximum Gasteiger partial charge on any atom is 0.261 e. The van der Waals surface area contributed by atoms with Crippen LogP contribution < -0.4 is 4.72 Å². The average Bonchev–Trinajstić information content (AvgIpc) is 3.06. The SMILES string of the molecule is CC(C)CCc1ccc(S(=O)(=O)Nc2ccc(Sc3nncn3C)cc2)cc1. The van der Waals surface area contributed by atoms with E-state index in [1.165, 1.54) is 11.8 Å². The Morgan fingerprint density at radius 3 is 2.32 bits per heavy atom. The molecule has 0 saturated carbocycles. The maximum absolute atomic E-state index is 12.6. The van der Waals surface area contributed by atoms with Gasteiger partial charge >= 0.3 is 0 Å². The Bertz CT molecular complexity index is 1010. The van der Waals surface area contributed by atoms with Crippen molar-refractivity contribution in [3.8, 4) is 0 Å². The lowest BCUT2D eigenvalue weighted by atomic mass is 10.0. The summed E-state index contributed by atoms with van der Waals surface area (Å²) in [6.45, 7) is 4.36. The van der Waals surface area contributed by atoms with Gasteiger partial charge in [-0.1, -0.05) is 26.0 Å². The second-order valence-corrected chi connectivity index (χ2v) is 9.76. The van der Waals surface area contributed by atoms with Gasteiger partial charge in [0.05, 0.1) is 4.90 Å². The maximum atomic E-state index is 12.6. The quantitative estimate of drug-likeness (QED) is 0.590. The van der Waals surface area contributed by atoms with Crippen LogP contribution in [-0.2, 0) is 23.5 Å². The van der Waals surface area contributed by atoms with Crippen molar-refractivity contribution < 1.29 is 8.42 Å². The van der Waals surface area contributed by atoms with Gasteiger partial charge in [0.15, 0.2) is 5.16 Å². The third-order valence-corrected chi connectivity index (χ3v) is 6.69. The molecule has 0 aliphatic heterocycles. The van der Waals surface area contributed by atoms with Crippen molar-refractivity contribution in [2.75, 3.05) is 4.72 Å².